The molecule has 47 heavy (non-hydrogen) atoms. The van der Waals surface area contributed by atoms with E-state index in [4.69, 9.17) is 2.74 Å². The van der Waals surface area contributed by atoms with Crippen LogP contribution in [0.2, 0.25) is 0 Å². The molecule has 8 aromatic carbocycles. The lowest BCUT2D eigenvalue weighted by molar-refractivity contribution is 1.28. The van der Waals surface area contributed by atoms with Gasteiger partial charge >= 0.3 is 0 Å². The van der Waals surface area contributed by atoms with Gasteiger partial charge in [-0.3, -0.25) is 0 Å². The highest BCUT2D eigenvalue weighted by Crippen LogP contribution is 2.43. The highest BCUT2D eigenvalue weighted by atomic mass is 15.1. The predicted octanol–water partition coefficient (Wildman–Crippen LogP) is 13.0. The number of nitrogens with zero attached hydrogens (tertiary/aromatic N) is 1. The van der Waals surface area contributed by atoms with E-state index >= 15 is 0 Å². The molecule has 0 atom stereocenters. The van der Waals surface area contributed by atoms with Crippen molar-refractivity contribution in [2.24, 2.45) is 0 Å². The van der Waals surface area contributed by atoms with E-state index in [1.807, 2.05) is 126 Å². The lowest BCUT2D eigenvalue weighted by Gasteiger charge is -2.28. The van der Waals surface area contributed by atoms with E-state index < -0.39 is 0 Å². The molecule has 0 aliphatic heterocycles. The van der Waals surface area contributed by atoms with Crippen LogP contribution in [0.15, 0.2) is 200 Å². The Hall–Kier alpha value is -6.18. The smallest absolute Gasteiger partial charge is 0.0651 e. The molecule has 0 heterocycles. The van der Waals surface area contributed by atoms with Crippen LogP contribution >= 0.6 is 0 Å². The van der Waals surface area contributed by atoms with Gasteiger partial charge in [0.1, 0.15) is 0 Å². The van der Waals surface area contributed by atoms with Gasteiger partial charge in [0, 0.05) is 16.9 Å². The predicted molar refractivity (Wildman–Crippen MR) is 200 cm³/mol. The average Bonchev–Trinajstić information content (AvgIpc) is 3.20. The van der Waals surface area contributed by atoms with Crippen molar-refractivity contribution in [3.63, 3.8) is 0 Å². The van der Waals surface area contributed by atoms with Gasteiger partial charge in [-0.05, 0) is 80.0 Å². The molecule has 1 nitrogen and oxygen atoms in total. The molecule has 222 valence electrons. The first-order chi connectivity index (χ1) is 25.0. The molecular formula is C46H33N. The molecule has 0 unspecified atom stereocenters. The monoisotopic (exact) mass is 603 g/mol. The van der Waals surface area contributed by atoms with Crippen LogP contribution in [0.3, 0.4) is 0 Å². The Kier molecular flexibility index (Phi) is 6.50. The second-order valence-electron chi connectivity index (χ2n) is 11.5. The van der Waals surface area contributed by atoms with Crippen molar-refractivity contribution in [1.82, 2.24) is 0 Å². The Morgan fingerprint density at radius 3 is 1.62 bits per heavy atom. The fourth-order valence-corrected chi connectivity index (χ4v) is 6.23. The molecule has 0 amide bonds. The second-order valence-corrected chi connectivity index (χ2v) is 11.5. The molecule has 0 radical (unpaired) electrons. The largest absolute Gasteiger partial charge is 0.310 e. The number of para-hydroxylation sites is 1. The van der Waals surface area contributed by atoms with Gasteiger partial charge in [0.05, 0.1) is 11.2 Å². The second kappa shape index (κ2) is 12.7. The van der Waals surface area contributed by atoms with Crippen LogP contribution in [0.5, 0.6) is 0 Å². The zero-order valence-corrected chi connectivity index (χ0v) is 25.7. The van der Waals surface area contributed by atoms with Gasteiger partial charge in [0.25, 0.3) is 0 Å². The summed E-state index contributed by atoms with van der Waals surface area (Å²) in [6.45, 7) is 0. The van der Waals surface area contributed by atoms with E-state index in [1.54, 1.807) is 0 Å². The van der Waals surface area contributed by atoms with E-state index in [0.29, 0.717) is 11.1 Å². The average molecular weight is 604 g/mol. The number of hydrogen-bond donors (Lipinski definition) is 0. The Morgan fingerprint density at radius 2 is 0.894 bits per heavy atom. The van der Waals surface area contributed by atoms with Crippen LogP contribution in [0.1, 0.15) is 5.48 Å². The van der Waals surface area contributed by atoms with E-state index in [-0.39, 0.29) is 29.9 Å². The number of anilines is 3. The minimum Gasteiger partial charge on any atom is -0.310 e. The molecule has 1 heteroatoms. The van der Waals surface area contributed by atoms with Crippen LogP contribution in [0.4, 0.5) is 17.1 Å². The fourth-order valence-electron chi connectivity index (χ4n) is 6.23. The summed E-state index contributed by atoms with van der Waals surface area (Å²) in [6, 6.07) is 58.2. The topological polar surface area (TPSA) is 3.24 Å². The van der Waals surface area contributed by atoms with Crippen molar-refractivity contribution in [1.29, 1.82) is 0 Å². The molecule has 0 saturated carbocycles. The summed E-state index contributed by atoms with van der Waals surface area (Å²) in [6.07, 6.45) is 0. The maximum Gasteiger partial charge on any atom is 0.0651 e. The Balaban J connectivity index is 1.36. The molecule has 0 bridgehead atoms. The minimum atomic E-state index is -0.223. The van der Waals surface area contributed by atoms with E-state index in [2.05, 4.69) is 54.6 Å². The summed E-state index contributed by atoms with van der Waals surface area (Å²) in [5, 5.41) is 1.87. The van der Waals surface area contributed by atoms with Gasteiger partial charge in [-0.2, -0.15) is 0 Å². The molecule has 0 fully saturated rings. The lowest BCUT2D eigenvalue weighted by Crippen LogP contribution is -2.11. The number of rotatable bonds is 7. The van der Waals surface area contributed by atoms with E-state index in [0.717, 1.165) is 55.5 Å². The van der Waals surface area contributed by atoms with Crippen molar-refractivity contribution < 1.29 is 5.48 Å². The molecule has 8 aromatic rings. The highest BCUT2D eigenvalue weighted by Gasteiger charge is 2.18. The zero-order chi connectivity index (χ0) is 34.9. The first-order valence-corrected chi connectivity index (χ1v) is 15.8. The van der Waals surface area contributed by atoms with Crippen LogP contribution in [0, 0.1) is 0 Å². The van der Waals surface area contributed by atoms with Gasteiger partial charge < -0.3 is 4.90 Å². The summed E-state index contributed by atoms with van der Waals surface area (Å²) in [4.78, 5) is 1.92. The number of fused-ring (bicyclic) bond motifs is 1. The molecule has 0 aliphatic carbocycles. The number of hydrogen-bond acceptors (Lipinski definition) is 1. The van der Waals surface area contributed by atoms with Crippen molar-refractivity contribution >= 4 is 27.8 Å². The Morgan fingerprint density at radius 1 is 0.362 bits per heavy atom. The van der Waals surface area contributed by atoms with Crippen LogP contribution in [-0.4, -0.2) is 0 Å². The summed E-state index contributed by atoms with van der Waals surface area (Å²) < 4.78 is 37.3. The molecule has 8 rings (SSSR count). The molecule has 0 spiro atoms. The maximum absolute atomic E-state index is 9.78. The van der Waals surface area contributed by atoms with E-state index in [9.17, 15) is 2.74 Å². The SMILES string of the molecule is [2H]c1c([2H])c(-c2cccc3ccccc23)c([2H])c(N(c2ccc(-c3ccccc3)cc2)c2ccccc2-c2ccc(-c3ccccc3)cc2)c1[2H]. The van der Waals surface area contributed by atoms with Crippen LogP contribution in [0.25, 0.3) is 55.3 Å². The minimum absolute atomic E-state index is 0.0266. The van der Waals surface area contributed by atoms with Crippen molar-refractivity contribution in [2.45, 2.75) is 0 Å². The maximum atomic E-state index is 9.78. The zero-order valence-electron chi connectivity index (χ0n) is 29.7. The fraction of sp³-hybridized carbons (Fsp3) is 0. The molecule has 0 aliphatic rings. The first kappa shape index (κ1) is 24.1. The van der Waals surface area contributed by atoms with Crippen LogP contribution < -0.4 is 4.90 Å². The van der Waals surface area contributed by atoms with Gasteiger partial charge in [0.2, 0.25) is 0 Å². The third kappa shape index (κ3) is 5.72. The third-order valence-electron chi connectivity index (χ3n) is 8.57. The van der Waals surface area contributed by atoms with Gasteiger partial charge in [-0.25, -0.2) is 0 Å². The Labute approximate surface area is 282 Å². The van der Waals surface area contributed by atoms with Crippen LogP contribution in [-0.2, 0) is 0 Å². The van der Waals surface area contributed by atoms with E-state index in [1.165, 1.54) is 0 Å². The van der Waals surface area contributed by atoms with Crippen molar-refractivity contribution in [3.8, 4) is 44.5 Å². The van der Waals surface area contributed by atoms with Crippen molar-refractivity contribution in [2.75, 3.05) is 4.90 Å². The molecule has 0 N–H and O–H groups in total. The third-order valence-corrected chi connectivity index (χ3v) is 8.57. The van der Waals surface area contributed by atoms with Gasteiger partial charge in [0.15, 0.2) is 0 Å². The summed E-state index contributed by atoms with van der Waals surface area (Å²) >= 11 is 0. The molecule has 0 saturated heterocycles. The molecule has 0 aromatic heterocycles. The quantitative estimate of drug-likeness (QED) is 0.175. The Bertz CT molecular complexity index is 2490. The lowest BCUT2D eigenvalue weighted by atomic mass is 9.96. The first-order valence-electron chi connectivity index (χ1n) is 17.8. The molecular weight excluding hydrogens is 567 g/mol. The summed E-state index contributed by atoms with van der Waals surface area (Å²) in [5.41, 5.74) is 9.04. The number of benzene rings is 8. The summed E-state index contributed by atoms with van der Waals surface area (Å²) in [7, 11) is 0. The normalized spacial score (nSPS) is 12.2. The summed E-state index contributed by atoms with van der Waals surface area (Å²) in [5.74, 6) is 0. The van der Waals surface area contributed by atoms with Gasteiger partial charge in [-0.1, -0.05) is 170 Å². The van der Waals surface area contributed by atoms with Gasteiger partial charge in [-0.15, -0.1) is 0 Å². The standard InChI is InChI=1S/C46H33N/c1-3-13-34(14-4-1)36-25-27-39(28-26-36)45-22-9-10-24-46(45)47(41-31-29-37(30-32-41)35-15-5-2-6-16-35)42-20-11-19-40(33-42)44-23-12-18-38-17-7-8-21-43(38)44/h1-33H/i11D,19D,20D,33D. The van der Waals surface area contributed by atoms with Crippen molar-refractivity contribution in [3.05, 3.63) is 200 Å². The highest BCUT2D eigenvalue weighted by molar-refractivity contribution is 5.98.